The van der Waals surface area contributed by atoms with Gasteiger partial charge in [0.05, 0.1) is 12.2 Å². The maximum absolute atomic E-state index is 12.6. The van der Waals surface area contributed by atoms with Crippen molar-refractivity contribution in [3.8, 4) is 0 Å². The van der Waals surface area contributed by atoms with Gasteiger partial charge in [0.1, 0.15) is 10.7 Å². The number of hydrogen-bond donors (Lipinski definition) is 2. The first-order chi connectivity index (χ1) is 12.9. The fourth-order valence-corrected chi connectivity index (χ4v) is 3.28. The van der Waals surface area contributed by atoms with Crippen LogP contribution in [0.1, 0.15) is 22.0 Å². The highest BCUT2D eigenvalue weighted by Crippen LogP contribution is 2.29. The third kappa shape index (κ3) is 5.56. The first-order valence-electron chi connectivity index (χ1n) is 8.26. The maximum atomic E-state index is 12.6. The minimum Gasteiger partial charge on any atom is -0.356 e. The number of alkyl halides is 3. The molecular weight excluding hydrogens is 504 g/mol. The van der Waals surface area contributed by atoms with Crippen molar-refractivity contribution in [1.29, 1.82) is 0 Å². The number of aliphatic imine (C=N–C) groups is 1. The van der Waals surface area contributed by atoms with E-state index in [1.807, 2.05) is 35.9 Å². The number of nitrogens with one attached hydrogen (secondary N) is 2. The van der Waals surface area contributed by atoms with Crippen LogP contribution in [0.3, 0.4) is 0 Å². The van der Waals surface area contributed by atoms with E-state index in [1.165, 1.54) is 0 Å². The van der Waals surface area contributed by atoms with Crippen LogP contribution in [0.25, 0.3) is 5.65 Å². The van der Waals surface area contributed by atoms with E-state index >= 15 is 0 Å². The molecule has 0 saturated carbocycles. The lowest BCUT2D eigenvalue weighted by Gasteiger charge is -2.10. The van der Waals surface area contributed by atoms with Crippen LogP contribution in [0.15, 0.2) is 34.9 Å². The van der Waals surface area contributed by atoms with E-state index in [2.05, 4.69) is 25.6 Å². The molecule has 0 saturated heterocycles. The van der Waals surface area contributed by atoms with Crippen molar-refractivity contribution in [2.24, 2.45) is 4.99 Å². The maximum Gasteiger partial charge on any atom is 0.434 e. The van der Waals surface area contributed by atoms with Gasteiger partial charge in [0.2, 0.25) is 0 Å². The minimum absolute atomic E-state index is 0. The van der Waals surface area contributed by atoms with Crippen LogP contribution in [0.2, 0.25) is 0 Å². The van der Waals surface area contributed by atoms with Gasteiger partial charge >= 0.3 is 6.18 Å². The zero-order valence-corrected chi connectivity index (χ0v) is 18.4. The predicted octanol–water partition coefficient (Wildman–Crippen LogP) is 3.64. The van der Waals surface area contributed by atoms with Crippen molar-refractivity contribution in [3.05, 3.63) is 51.9 Å². The van der Waals surface area contributed by atoms with E-state index in [-0.39, 0.29) is 30.5 Å². The molecule has 0 bridgehead atoms. The van der Waals surface area contributed by atoms with Crippen molar-refractivity contribution in [1.82, 2.24) is 25.0 Å². The zero-order valence-electron chi connectivity index (χ0n) is 15.2. The Morgan fingerprint density at radius 1 is 1.29 bits per heavy atom. The third-order valence-electron chi connectivity index (χ3n) is 3.87. The highest BCUT2D eigenvalue weighted by molar-refractivity contribution is 14.0. The van der Waals surface area contributed by atoms with Crippen molar-refractivity contribution in [2.45, 2.75) is 26.1 Å². The average molecular weight is 524 g/mol. The number of rotatable bonds is 5. The van der Waals surface area contributed by atoms with Gasteiger partial charge in [-0.25, -0.2) is 9.97 Å². The standard InChI is InChI=1S/C17H19F3N6S.HI/c1-11-4-3-7-26-9-12(24-15(11)26)5-6-22-16(21-2)23-8-14-25-13(10-27-14)17(18,19)20;/h3-4,7,9-10H,5-6,8H2,1-2H3,(H2,21,22,23);1H. The molecule has 2 N–H and O–H groups in total. The largest absolute Gasteiger partial charge is 0.434 e. The molecule has 0 spiro atoms. The molecule has 0 amide bonds. The number of guanidine groups is 1. The van der Waals surface area contributed by atoms with Crippen LogP contribution in [0.5, 0.6) is 0 Å². The summed E-state index contributed by atoms with van der Waals surface area (Å²) in [5.41, 5.74) is 2.12. The Morgan fingerprint density at radius 2 is 2.07 bits per heavy atom. The molecule has 3 aromatic rings. The van der Waals surface area contributed by atoms with Crippen LogP contribution >= 0.6 is 35.3 Å². The fraction of sp³-hybridized carbons (Fsp3) is 0.353. The van der Waals surface area contributed by atoms with Gasteiger partial charge in [0.15, 0.2) is 11.7 Å². The summed E-state index contributed by atoms with van der Waals surface area (Å²) >= 11 is 0.964. The smallest absolute Gasteiger partial charge is 0.356 e. The number of fused-ring (bicyclic) bond motifs is 1. The molecule has 0 aliphatic heterocycles. The number of hydrogen-bond acceptors (Lipinski definition) is 4. The number of halogens is 4. The Kier molecular flexibility index (Phi) is 7.63. The van der Waals surface area contributed by atoms with Crippen LogP contribution in [0.4, 0.5) is 13.2 Å². The second-order valence-electron chi connectivity index (χ2n) is 5.88. The molecule has 3 rings (SSSR count). The quantitative estimate of drug-likeness (QED) is 0.304. The predicted molar refractivity (Wildman–Crippen MR) is 114 cm³/mol. The monoisotopic (exact) mass is 524 g/mol. The van der Waals surface area contributed by atoms with E-state index < -0.39 is 11.9 Å². The second-order valence-corrected chi connectivity index (χ2v) is 6.82. The van der Waals surface area contributed by atoms with Gasteiger partial charge < -0.3 is 15.0 Å². The van der Waals surface area contributed by atoms with Gasteiger partial charge in [0, 0.05) is 37.8 Å². The number of imidazole rings is 1. The van der Waals surface area contributed by atoms with Gasteiger partial charge in [-0.15, -0.1) is 35.3 Å². The van der Waals surface area contributed by atoms with Crippen LogP contribution in [-0.2, 0) is 19.1 Å². The summed E-state index contributed by atoms with van der Waals surface area (Å²) in [6.45, 7) is 2.78. The first kappa shape index (κ1) is 22.4. The van der Waals surface area contributed by atoms with E-state index in [0.717, 1.165) is 33.6 Å². The number of pyridine rings is 1. The average Bonchev–Trinajstić information content (AvgIpc) is 3.25. The third-order valence-corrected chi connectivity index (χ3v) is 4.72. The van der Waals surface area contributed by atoms with Crippen LogP contribution < -0.4 is 10.6 Å². The molecule has 0 aliphatic rings. The molecule has 0 radical (unpaired) electrons. The molecule has 0 aromatic carbocycles. The van der Waals surface area contributed by atoms with E-state index in [0.29, 0.717) is 23.9 Å². The Morgan fingerprint density at radius 3 is 2.71 bits per heavy atom. The zero-order chi connectivity index (χ0) is 19.4. The number of aromatic nitrogens is 3. The minimum atomic E-state index is -4.42. The van der Waals surface area contributed by atoms with E-state index in [4.69, 9.17) is 0 Å². The van der Waals surface area contributed by atoms with Gasteiger partial charge in [0.25, 0.3) is 0 Å². The molecule has 0 aliphatic carbocycles. The second kappa shape index (κ2) is 9.54. The van der Waals surface area contributed by atoms with Crippen molar-refractivity contribution in [2.75, 3.05) is 13.6 Å². The lowest BCUT2D eigenvalue weighted by atomic mass is 10.3. The topological polar surface area (TPSA) is 66.6 Å². The Balaban J connectivity index is 0.00000280. The van der Waals surface area contributed by atoms with Crippen LogP contribution in [-0.4, -0.2) is 33.9 Å². The highest BCUT2D eigenvalue weighted by Gasteiger charge is 2.33. The van der Waals surface area contributed by atoms with Crippen molar-refractivity contribution in [3.63, 3.8) is 0 Å². The molecule has 3 aromatic heterocycles. The summed E-state index contributed by atoms with van der Waals surface area (Å²) in [6.07, 6.45) is 0.211. The first-order valence-corrected chi connectivity index (χ1v) is 9.14. The van der Waals surface area contributed by atoms with Gasteiger partial charge in [-0.3, -0.25) is 4.99 Å². The lowest BCUT2D eigenvalue weighted by Crippen LogP contribution is -2.37. The summed E-state index contributed by atoms with van der Waals surface area (Å²) in [7, 11) is 1.60. The van der Waals surface area contributed by atoms with Crippen LogP contribution in [0, 0.1) is 6.92 Å². The summed E-state index contributed by atoms with van der Waals surface area (Å²) in [6, 6.07) is 3.99. The van der Waals surface area contributed by atoms with Crippen molar-refractivity contribution >= 4 is 46.9 Å². The summed E-state index contributed by atoms with van der Waals surface area (Å²) in [4.78, 5) is 12.3. The fourth-order valence-electron chi connectivity index (χ4n) is 2.54. The molecule has 0 unspecified atom stereocenters. The molecule has 152 valence electrons. The van der Waals surface area contributed by atoms with Gasteiger partial charge in [-0.2, -0.15) is 13.2 Å². The molecular formula is C17H20F3IN6S. The molecule has 0 atom stereocenters. The highest BCUT2D eigenvalue weighted by atomic mass is 127. The molecule has 11 heteroatoms. The normalized spacial score (nSPS) is 12.1. The molecule has 6 nitrogen and oxygen atoms in total. The number of nitrogens with zero attached hydrogens (tertiary/aromatic N) is 4. The number of aryl methyl sites for hydroxylation is 1. The summed E-state index contributed by atoms with van der Waals surface area (Å²) in [5.74, 6) is 0.499. The van der Waals surface area contributed by atoms with Crippen molar-refractivity contribution < 1.29 is 13.2 Å². The van der Waals surface area contributed by atoms with E-state index in [1.54, 1.807) is 7.05 Å². The Hall–Kier alpha value is -1.89. The van der Waals surface area contributed by atoms with E-state index in [9.17, 15) is 13.2 Å². The Bertz CT molecular complexity index is 950. The lowest BCUT2D eigenvalue weighted by molar-refractivity contribution is -0.140. The Labute approximate surface area is 181 Å². The van der Waals surface area contributed by atoms with Gasteiger partial charge in [-0.1, -0.05) is 6.07 Å². The number of thiazole rings is 1. The molecule has 3 heterocycles. The SMILES string of the molecule is CN=C(NCCc1cn2cccc(C)c2n1)NCc1nc(C(F)(F)F)cs1.I. The summed E-state index contributed by atoms with van der Waals surface area (Å²) < 4.78 is 39.7. The van der Waals surface area contributed by atoms with Gasteiger partial charge in [-0.05, 0) is 18.6 Å². The summed E-state index contributed by atoms with van der Waals surface area (Å²) in [5, 5.41) is 7.46. The molecule has 0 fully saturated rings. The molecule has 28 heavy (non-hydrogen) atoms.